The Morgan fingerprint density at radius 1 is 1.09 bits per heavy atom. The van der Waals surface area contributed by atoms with Crippen LogP contribution < -0.4 is 11.2 Å². The highest BCUT2D eigenvalue weighted by Gasteiger charge is 2.28. The summed E-state index contributed by atoms with van der Waals surface area (Å²) in [6.45, 7) is 0.0394. The van der Waals surface area contributed by atoms with Crippen molar-refractivity contribution in [3.8, 4) is 11.1 Å². The van der Waals surface area contributed by atoms with Gasteiger partial charge in [-0.05, 0) is 42.0 Å². The van der Waals surface area contributed by atoms with Crippen molar-refractivity contribution in [2.45, 2.75) is 6.54 Å². The minimum absolute atomic E-state index is 0.0394. The molecule has 0 spiro atoms. The lowest BCUT2D eigenvalue weighted by atomic mass is 10.0. The Balaban J connectivity index is 1.72. The van der Waals surface area contributed by atoms with Gasteiger partial charge in [0.2, 0.25) is 0 Å². The van der Waals surface area contributed by atoms with Crippen molar-refractivity contribution in [2.24, 2.45) is 0 Å². The molecule has 10 heteroatoms. The number of benzene rings is 2. The van der Waals surface area contributed by atoms with Gasteiger partial charge in [0.15, 0.2) is 0 Å². The first kappa shape index (κ1) is 19.8. The standard InChI is InChI=1S/C24H15FN4O5/c25-14-9-17-19(21-12(14)5-7-34-21)18(13-2-1-6-26-22(13)30)20(23(31)32)29(17)10-11-3-4-15-16(8-11)28-24(33)27-15/h1-9H,10H2,(H,26,30)(H,31,32)(H2,27,28,33). The Kier molecular flexibility index (Phi) is 4.12. The van der Waals surface area contributed by atoms with Gasteiger partial charge < -0.3 is 29.0 Å². The number of rotatable bonds is 4. The van der Waals surface area contributed by atoms with E-state index in [-0.39, 0.29) is 45.5 Å². The Labute approximate surface area is 188 Å². The van der Waals surface area contributed by atoms with Crippen molar-refractivity contribution in [2.75, 3.05) is 0 Å². The molecule has 0 aliphatic carbocycles. The Bertz CT molecular complexity index is 1880. The van der Waals surface area contributed by atoms with Gasteiger partial charge in [0, 0.05) is 18.3 Å². The first-order valence-electron chi connectivity index (χ1n) is 10.3. The van der Waals surface area contributed by atoms with Crippen LogP contribution in [0.2, 0.25) is 0 Å². The predicted molar refractivity (Wildman–Crippen MR) is 123 cm³/mol. The maximum Gasteiger partial charge on any atom is 0.353 e. The number of nitrogens with one attached hydrogen (secondary N) is 3. The summed E-state index contributed by atoms with van der Waals surface area (Å²) in [6, 6.07) is 10.9. The van der Waals surface area contributed by atoms with Crippen LogP contribution in [-0.4, -0.2) is 30.6 Å². The molecule has 0 aliphatic heterocycles. The zero-order valence-electron chi connectivity index (χ0n) is 17.3. The van der Waals surface area contributed by atoms with Crippen LogP contribution in [0.5, 0.6) is 0 Å². The monoisotopic (exact) mass is 458 g/mol. The maximum absolute atomic E-state index is 15.0. The van der Waals surface area contributed by atoms with E-state index in [0.717, 1.165) is 0 Å². The summed E-state index contributed by atoms with van der Waals surface area (Å²) in [5, 5.41) is 10.7. The van der Waals surface area contributed by atoms with E-state index in [1.807, 2.05) is 0 Å². The number of H-pyrrole nitrogens is 3. The van der Waals surface area contributed by atoms with Gasteiger partial charge in [0.25, 0.3) is 5.56 Å². The summed E-state index contributed by atoms with van der Waals surface area (Å²) < 4.78 is 22.0. The maximum atomic E-state index is 15.0. The number of aromatic carboxylic acids is 1. The summed E-state index contributed by atoms with van der Waals surface area (Å²) in [5.74, 6) is -1.86. The van der Waals surface area contributed by atoms with E-state index in [0.29, 0.717) is 22.0 Å². The second-order valence-corrected chi connectivity index (χ2v) is 7.90. The predicted octanol–water partition coefficient (Wildman–Crippen LogP) is 3.80. The van der Waals surface area contributed by atoms with Crippen molar-refractivity contribution in [1.29, 1.82) is 0 Å². The Hall–Kier alpha value is -4.86. The third-order valence-corrected chi connectivity index (χ3v) is 5.93. The van der Waals surface area contributed by atoms with E-state index in [2.05, 4.69) is 15.0 Å². The van der Waals surface area contributed by atoms with Crippen molar-refractivity contribution < 1.29 is 18.7 Å². The van der Waals surface area contributed by atoms with Crippen LogP contribution in [0.4, 0.5) is 4.39 Å². The van der Waals surface area contributed by atoms with Gasteiger partial charge in [-0.25, -0.2) is 14.0 Å². The first-order valence-corrected chi connectivity index (χ1v) is 10.3. The number of furan rings is 1. The highest BCUT2D eigenvalue weighted by atomic mass is 19.1. The molecule has 2 aromatic carbocycles. The second kappa shape index (κ2) is 7.07. The van der Waals surface area contributed by atoms with Gasteiger partial charge in [0.05, 0.1) is 39.1 Å². The van der Waals surface area contributed by atoms with E-state index in [4.69, 9.17) is 4.42 Å². The van der Waals surface area contributed by atoms with Gasteiger partial charge >= 0.3 is 11.7 Å². The number of carbonyl (C=O) groups is 1. The molecule has 9 nitrogen and oxygen atoms in total. The molecule has 0 unspecified atom stereocenters. The fraction of sp³-hybridized carbons (Fsp3) is 0.0417. The minimum Gasteiger partial charge on any atom is -0.477 e. The number of nitrogens with zero attached hydrogens (tertiary/aromatic N) is 1. The number of carboxylic acid groups (broad SMARTS) is 1. The molecule has 0 fully saturated rings. The van der Waals surface area contributed by atoms with Crippen molar-refractivity contribution in [3.05, 3.63) is 92.8 Å². The molecule has 6 rings (SSSR count). The molecule has 4 heterocycles. The van der Waals surface area contributed by atoms with E-state index >= 15 is 0 Å². The zero-order valence-corrected chi connectivity index (χ0v) is 17.3. The van der Waals surface area contributed by atoms with Crippen LogP contribution in [0, 0.1) is 5.82 Å². The fourth-order valence-corrected chi connectivity index (χ4v) is 4.53. The molecule has 4 aromatic heterocycles. The molecule has 0 saturated heterocycles. The number of imidazole rings is 1. The van der Waals surface area contributed by atoms with Gasteiger partial charge in [-0.15, -0.1) is 0 Å². The molecule has 168 valence electrons. The van der Waals surface area contributed by atoms with Crippen molar-refractivity contribution in [3.63, 3.8) is 0 Å². The number of hydrogen-bond donors (Lipinski definition) is 4. The highest BCUT2D eigenvalue weighted by molar-refractivity contribution is 6.17. The average Bonchev–Trinajstić information content (AvgIpc) is 3.49. The molecular weight excluding hydrogens is 443 g/mol. The minimum atomic E-state index is -1.29. The molecule has 0 radical (unpaired) electrons. The molecule has 34 heavy (non-hydrogen) atoms. The summed E-state index contributed by atoms with van der Waals surface area (Å²) in [4.78, 5) is 44.8. The molecule has 0 saturated carbocycles. The number of carboxylic acids is 1. The van der Waals surface area contributed by atoms with E-state index in [9.17, 15) is 23.9 Å². The van der Waals surface area contributed by atoms with Crippen molar-refractivity contribution in [1.82, 2.24) is 19.5 Å². The van der Waals surface area contributed by atoms with Gasteiger partial charge in [0.1, 0.15) is 17.1 Å². The number of fused-ring (bicyclic) bond motifs is 4. The topological polar surface area (TPSA) is 137 Å². The number of aromatic amines is 3. The lowest BCUT2D eigenvalue weighted by molar-refractivity contribution is 0.0687. The lowest BCUT2D eigenvalue weighted by Crippen LogP contribution is -2.13. The molecule has 4 N–H and O–H groups in total. The second-order valence-electron chi connectivity index (χ2n) is 7.90. The summed E-state index contributed by atoms with van der Waals surface area (Å²) in [5.41, 5.74) is 1.46. The normalized spacial score (nSPS) is 11.7. The van der Waals surface area contributed by atoms with Crippen LogP contribution in [0.25, 0.3) is 44.0 Å². The molecular formula is C24H15FN4O5. The highest BCUT2D eigenvalue weighted by Crippen LogP contribution is 2.40. The molecule has 6 aromatic rings. The van der Waals surface area contributed by atoms with E-state index in [1.54, 1.807) is 24.3 Å². The summed E-state index contributed by atoms with van der Waals surface area (Å²) in [6.07, 6.45) is 2.76. The van der Waals surface area contributed by atoms with Crippen molar-refractivity contribution >= 4 is 38.9 Å². The lowest BCUT2D eigenvalue weighted by Gasteiger charge is -2.10. The smallest absolute Gasteiger partial charge is 0.353 e. The number of halogens is 1. The third kappa shape index (κ3) is 2.82. The van der Waals surface area contributed by atoms with Gasteiger partial charge in [-0.2, -0.15) is 0 Å². The SMILES string of the molecule is O=C(O)c1c(-c2ccc[nH]c2=O)c2c3occc3c(F)cc2n1Cc1ccc2[nH]c(=O)[nH]c2c1. The molecule has 0 bridgehead atoms. The Morgan fingerprint density at radius 3 is 2.71 bits per heavy atom. The van der Waals surface area contributed by atoms with E-state index in [1.165, 1.54) is 35.2 Å². The van der Waals surface area contributed by atoms with Crippen LogP contribution in [0.1, 0.15) is 16.1 Å². The van der Waals surface area contributed by atoms with Gasteiger partial charge in [-0.3, -0.25) is 4.79 Å². The zero-order chi connectivity index (χ0) is 23.6. The number of aromatic nitrogens is 4. The van der Waals surface area contributed by atoms with Crippen LogP contribution >= 0.6 is 0 Å². The van der Waals surface area contributed by atoms with Crippen LogP contribution in [-0.2, 0) is 6.54 Å². The third-order valence-electron chi connectivity index (χ3n) is 5.93. The quantitative estimate of drug-likeness (QED) is 0.319. The summed E-state index contributed by atoms with van der Waals surface area (Å²) >= 11 is 0. The largest absolute Gasteiger partial charge is 0.477 e. The molecule has 0 amide bonds. The van der Waals surface area contributed by atoms with E-state index < -0.39 is 17.3 Å². The summed E-state index contributed by atoms with van der Waals surface area (Å²) in [7, 11) is 0. The molecule has 0 aliphatic rings. The molecule has 0 atom stereocenters. The number of pyridine rings is 1. The van der Waals surface area contributed by atoms with Crippen LogP contribution in [0.3, 0.4) is 0 Å². The number of hydrogen-bond acceptors (Lipinski definition) is 4. The average molecular weight is 458 g/mol. The Morgan fingerprint density at radius 2 is 1.91 bits per heavy atom. The fourth-order valence-electron chi connectivity index (χ4n) is 4.53. The first-order chi connectivity index (χ1) is 16.4. The van der Waals surface area contributed by atoms with Gasteiger partial charge in [-0.1, -0.05) is 6.07 Å². The van der Waals surface area contributed by atoms with Crippen LogP contribution in [0.15, 0.2) is 68.9 Å².